The summed E-state index contributed by atoms with van der Waals surface area (Å²) in [4.78, 5) is 29.0. The fourth-order valence-corrected chi connectivity index (χ4v) is 5.04. The minimum atomic E-state index is -0.446. The second kappa shape index (κ2) is 9.35. The van der Waals surface area contributed by atoms with E-state index in [0.717, 1.165) is 28.2 Å². The molecule has 3 aromatic rings. The zero-order valence-electron chi connectivity index (χ0n) is 17.7. The molecule has 1 N–H and O–H groups in total. The number of ether oxygens (including phenoxy) is 1. The van der Waals surface area contributed by atoms with E-state index in [4.69, 9.17) is 4.74 Å². The van der Waals surface area contributed by atoms with Crippen LogP contribution in [-0.4, -0.2) is 36.9 Å². The molecule has 1 aromatic heterocycles. The summed E-state index contributed by atoms with van der Waals surface area (Å²) in [5, 5.41) is 5.09. The zero-order chi connectivity index (χ0) is 21.8. The fourth-order valence-electron chi connectivity index (χ4n) is 4.13. The van der Waals surface area contributed by atoms with Crippen molar-refractivity contribution in [3.8, 4) is 5.75 Å². The first kappa shape index (κ1) is 21.1. The summed E-state index contributed by atoms with van der Waals surface area (Å²) in [7, 11) is 1.78. The first-order chi connectivity index (χ1) is 15.1. The van der Waals surface area contributed by atoms with Crippen molar-refractivity contribution >= 4 is 23.2 Å². The molecule has 0 bridgehead atoms. The summed E-state index contributed by atoms with van der Waals surface area (Å²) in [5.74, 6) is 0.294. The van der Waals surface area contributed by atoms with Gasteiger partial charge in [-0.05, 0) is 54.1 Å². The molecule has 0 spiro atoms. The number of rotatable bonds is 7. The van der Waals surface area contributed by atoms with Crippen molar-refractivity contribution < 1.29 is 14.3 Å². The van der Waals surface area contributed by atoms with Crippen LogP contribution in [0.1, 0.15) is 45.2 Å². The van der Waals surface area contributed by atoms with Gasteiger partial charge in [-0.3, -0.25) is 9.59 Å². The molecule has 0 fully saturated rings. The highest BCUT2D eigenvalue weighted by molar-refractivity contribution is 7.10. The number of amides is 2. The Kier molecular flexibility index (Phi) is 6.37. The number of thiophene rings is 1. The van der Waals surface area contributed by atoms with Crippen LogP contribution in [0.5, 0.6) is 5.75 Å². The molecular formula is C25H26N2O3S. The van der Waals surface area contributed by atoms with Crippen LogP contribution in [-0.2, 0) is 11.2 Å². The van der Waals surface area contributed by atoms with Gasteiger partial charge in [0.25, 0.3) is 5.91 Å². The lowest BCUT2D eigenvalue weighted by Crippen LogP contribution is -2.45. The molecule has 1 aliphatic rings. The van der Waals surface area contributed by atoms with Gasteiger partial charge in [0.1, 0.15) is 5.75 Å². The van der Waals surface area contributed by atoms with Crippen molar-refractivity contribution in [3.63, 3.8) is 0 Å². The number of likely N-dealkylation sites (N-methyl/N-ethyl adjacent to an activating group) is 1. The van der Waals surface area contributed by atoms with Crippen LogP contribution in [0.4, 0.5) is 0 Å². The first-order valence-electron chi connectivity index (χ1n) is 10.5. The van der Waals surface area contributed by atoms with Crippen LogP contribution in [0.25, 0.3) is 0 Å². The maximum absolute atomic E-state index is 13.4. The summed E-state index contributed by atoms with van der Waals surface area (Å²) < 4.78 is 5.48. The Morgan fingerprint density at radius 3 is 2.58 bits per heavy atom. The SMILES string of the molecule is CCOc1ccc(CCNC(=O)C2c3ccccc3C(=O)N(C)C2c2cccs2)cc1. The van der Waals surface area contributed by atoms with Crippen molar-refractivity contribution in [3.05, 3.63) is 87.6 Å². The van der Waals surface area contributed by atoms with Crippen LogP contribution in [0.2, 0.25) is 0 Å². The second-order valence-electron chi connectivity index (χ2n) is 7.56. The predicted octanol–water partition coefficient (Wildman–Crippen LogP) is 4.42. The van der Waals surface area contributed by atoms with E-state index in [1.54, 1.807) is 29.4 Å². The van der Waals surface area contributed by atoms with Crippen LogP contribution >= 0.6 is 11.3 Å². The Morgan fingerprint density at radius 2 is 1.87 bits per heavy atom. The topological polar surface area (TPSA) is 58.6 Å². The maximum Gasteiger partial charge on any atom is 0.254 e. The molecule has 0 saturated heterocycles. The number of benzene rings is 2. The van der Waals surface area contributed by atoms with Gasteiger partial charge in [-0.25, -0.2) is 0 Å². The van der Waals surface area contributed by atoms with Crippen molar-refractivity contribution in [2.45, 2.75) is 25.3 Å². The van der Waals surface area contributed by atoms with Crippen LogP contribution in [0.15, 0.2) is 66.0 Å². The molecule has 6 heteroatoms. The van der Waals surface area contributed by atoms with Gasteiger partial charge in [-0.2, -0.15) is 0 Å². The number of nitrogens with zero attached hydrogens (tertiary/aromatic N) is 1. The number of hydrogen-bond acceptors (Lipinski definition) is 4. The average molecular weight is 435 g/mol. The summed E-state index contributed by atoms with van der Waals surface area (Å²) in [6, 6.07) is 19.0. The van der Waals surface area contributed by atoms with Gasteiger partial charge < -0.3 is 15.0 Å². The smallest absolute Gasteiger partial charge is 0.254 e. The van der Waals surface area contributed by atoms with Crippen LogP contribution in [0.3, 0.4) is 0 Å². The minimum Gasteiger partial charge on any atom is -0.494 e. The van der Waals surface area contributed by atoms with Crippen molar-refractivity contribution in [1.29, 1.82) is 0 Å². The van der Waals surface area contributed by atoms with E-state index in [1.807, 2.05) is 66.9 Å². The van der Waals surface area contributed by atoms with Crippen molar-refractivity contribution in [2.24, 2.45) is 0 Å². The van der Waals surface area contributed by atoms with Gasteiger partial charge in [0.2, 0.25) is 5.91 Å². The molecule has 2 atom stereocenters. The highest BCUT2D eigenvalue weighted by Crippen LogP contribution is 2.43. The molecule has 0 radical (unpaired) electrons. The van der Waals surface area contributed by atoms with Gasteiger partial charge >= 0.3 is 0 Å². The Morgan fingerprint density at radius 1 is 1.10 bits per heavy atom. The predicted molar refractivity (Wildman–Crippen MR) is 123 cm³/mol. The van der Waals surface area contributed by atoms with E-state index in [1.165, 1.54) is 0 Å². The molecule has 2 unspecified atom stereocenters. The fraction of sp³-hybridized carbons (Fsp3) is 0.280. The standard InChI is InChI=1S/C25H26N2O3S/c1-3-30-18-12-10-17(11-13-18)14-15-26-24(28)22-19-7-4-5-8-20(19)25(29)27(2)23(22)21-9-6-16-31-21/h4-13,16,22-23H,3,14-15H2,1-2H3,(H,26,28). The number of carbonyl (C=O) groups is 2. The molecule has 2 amide bonds. The minimum absolute atomic E-state index is 0.0487. The molecular weight excluding hydrogens is 408 g/mol. The zero-order valence-corrected chi connectivity index (χ0v) is 18.5. The highest BCUT2D eigenvalue weighted by Gasteiger charge is 2.42. The quantitative estimate of drug-likeness (QED) is 0.599. The monoisotopic (exact) mass is 434 g/mol. The third-order valence-corrected chi connectivity index (χ3v) is 6.59. The van der Waals surface area contributed by atoms with Gasteiger partial charge in [0, 0.05) is 24.0 Å². The summed E-state index contributed by atoms with van der Waals surface area (Å²) >= 11 is 1.57. The maximum atomic E-state index is 13.4. The Balaban J connectivity index is 1.53. The van der Waals surface area contributed by atoms with Crippen molar-refractivity contribution in [1.82, 2.24) is 10.2 Å². The molecule has 0 aliphatic carbocycles. The van der Waals surface area contributed by atoms with E-state index in [2.05, 4.69) is 5.32 Å². The van der Waals surface area contributed by atoms with E-state index >= 15 is 0 Å². The Labute approximate surface area is 186 Å². The van der Waals surface area contributed by atoms with Crippen molar-refractivity contribution in [2.75, 3.05) is 20.2 Å². The number of hydrogen-bond donors (Lipinski definition) is 1. The Hall–Kier alpha value is -3.12. The molecule has 0 saturated carbocycles. The molecule has 2 heterocycles. The largest absolute Gasteiger partial charge is 0.494 e. The van der Waals surface area contributed by atoms with E-state index < -0.39 is 5.92 Å². The number of nitrogens with one attached hydrogen (secondary N) is 1. The molecule has 31 heavy (non-hydrogen) atoms. The summed E-state index contributed by atoms with van der Waals surface area (Å²) in [6.45, 7) is 3.13. The molecule has 160 valence electrons. The van der Waals surface area contributed by atoms with E-state index in [-0.39, 0.29) is 17.9 Å². The molecule has 4 rings (SSSR count). The van der Waals surface area contributed by atoms with Gasteiger partial charge in [0.05, 0.1) is 18.6 Å². The second-order valence-corrected chi connectivity index (χ2v) is 8.54. The van der Waals surface area contributed by atoms with E-state index in [0.29, 0.717) is 18.7 Å². The van der Waals surface area contributed by atoms with Gasteiger partial charge in [0.15, 0.2) is 0 Å². The van der Waals surface area contributed by atoms with E-state index in [9.17, 15) is 9.59 Å². The third kappa shape index (κ3) is 4.35. The first-order valence-corrected chi connectivity index (χ1v) is 11.4. The lowest BCUT2D eigenvalue weighted by Gasteiger charge is -2.39. The number of fused-ring (bicyclic) bond motifs is 1. The normalized spacial score (nSPS) is 17.9. The van der Waals surface area contributed by atoms with Crippen LogP contribution < -0.4 is 10.1 Å². The lowest BCUT2D eigenvalue weighted by atomic mass is 9.81. The lowest BCUT2D eigenvalue weighted by molar-refractivity contribution is -0.124. The van der Waals surface area contributed by atoms with Crippen LogP contribution in [0, 0.1) is 0 Å². The van der Waals surface area contributed by atoms with Gasteiger partial charge in [-0.1, -0.05) is 36.4 Å². The van der Waals surface area contributed by atoms with Gasteiger partial charge in [-0.15, -0.1) is 11.3 Å². The molecule has 1 aliphatic heterocycles. The third-order valence-electron chi connectivity index (χ3n) is 5.64. The highest BCUT2D eigenvalue weighted by atomic mass is 32.1. The average Bonchev–Trinajstić information content (AvgIpc) is 3.32. The Bertz CT molecular complexity index is 1050. The number of carbonyl (C=O) groups excluding carboxylic acids is 2. The summed E-state index contributed by atoms with van der Waals surface area (Å²) in [6.07, 6.45) is 0.727. The summed E-state index contributed by atoms with van der Waals surface area (Å²) in [5.41, 5.74) is 2.53. The molecule has 2 aromatic carbocycles. The molecule has 5 nitrogen and oxygen atoms in total.